The predicted octanol–water partition coefficient (Wildman–Crippen LogP) is 3.42. The van der Waals surface area contributed by atoms with Gasteiger partial charge in [-0.2, -0.15) is 0 Å². The second-order valence-electron chi connectivity index (χ2n) is 5.88. The number of carbonyl (C=O) groups excluding carboxylic acids is 1. The monoisotopic (exact) mass is 349 g/mol. The number of hydrogen-bond acceptors (Lipinski definition) is 5. The van der Waals surface area contributed by atoms with Gasteiger partial charge in [0.05, 0.1) is 10.7 Å². The lowest BCUT2D eigenvalue weighted by Gasteiger charge is -2.21. The van der Waals surface area contributed by atoms with Gasteiger partial charge in [-0.15, -0.1) is 22.7 Å². The van der Waals surface area contributed by atoms with Crippen LogP contribution in [-0.2, 0) is 13.0 Å². The Bertz CT molecular complexity index is 651. The van der Waals surface area contributed by atoms with Crippen LogP contribution in [-0.4, -0.2) is 46.9 Å². The average Bonchev–Trinajstić information content (AvgIpc) is 3.12. The second kappa shape index (κ2) is 7.55. The summed E-state index contributed by atoms with van der Waals surface area (Å²) in [6.07, 6.45) is 1.93. The summed E-state index contributed by atoms with van der Waals surface area (Å²) < 4.78 is 0. The Balaban J connectivity index is 1.62. The molecule has 0 atom stereocenters. The fourth-order valence-electron chi connectivity index (χ4n) is 2.90. The van der Waals surface area contributed by atoms with Crippen LogP contribution in [0.2, 0.25) is 0 Å². The number of aryl methyl sites for hydroxylation is 2. The molecule has 23 heavy (non-hydrogen) atoms. The third kappa shape index (κ3) is 4.00. The molecule has 1 aliphatic heterocycles. The molecule has 1 fully saturated rings. The van der Waals surface area contributed by atoms with Gasteiger partial charge in [-0.3, -0.25) is 9.69 Å². The van der Waals surface area contributed by atoms with E-state index in [0.29, 0.717) is 0 Å². The molecule has 0 spiro atoms. The molecule has 3 heterocycles. The van der Waals surface area contributed by atoms with Gasteiger partial charge < -0.3 is 4.90 Å². The molecule has 124 valence electrons. The van der Waals surface area contributed by atoms with Gasteiger partial charge in [0, 0.05) is 37.6 Å². The molecule has 0 aliphatic carbocycles. The molecule has 0 bridgehead atoms. The van der Waals surface area contributed by atoms with E-state index in [4.69, 9.17) is 0 Å². The average molecular weight is 350 g/mol. The first-order chi connectivity index (χ1) is 11.2. The van der Waals surface area contributed by atoms with Crippen LogP contribution in [0.1, 0.15) is 38.6 Å². The maximum absolute atomic E-state index is 12.8. The molecule has 1 amide bonds. The number of rotatable bonds is 4. The molecule has 2 aromatic rings. The molecule has 6 heteroatoms. The van der Waals surface area contributed by atoms with E-state index in [-0.39, 0.29) is 5.91 Å². The van der Waals surface area contributed by atoms with Gasteiger partial charge in [0.15, 0.2) is 0 Å². The normalized spacial score (nSPS) is 16.5. The molecule has 0 N–H and O–H groups in total. The van der Waals surface area contributed by atoms with E-state index in [1.54, 1.807) is 22.7 Å². The molecule has 2 aromatic heterocycles. The Morgan fingerprint density at radius 2 is 2.17 bits per heavy atom. The van der Waals surface area contributed by atoms with Crippen LogP contribution < -0.4 is 0 Å². The van der Waals surface area contributed by atoms with Crippen LogP contribution in [0.4, 0.5) is 0 Å². The number of hydrogen-bond donors (Lipinski definition) is 0. The summed E-state index contributed by atoms with van der Waals surface area (Å²) in [5.41, 5.74) is 0.886. The van der Waals surface area contributed by atoms with Gasteiger partial charge in [-0.1, -0.05) is 13.0 Å². The van der Waals surface area contributed by atoms with E-state index in [0.717, 1.165) is 61.1 Å². The number of aromatic nitrogens is 1. The molecular weight excluding hydrogens is 326 g/mol. The predicted molar refractivity (Wildman–Crippen MR) is 96.3 cm³/mol. The van der Waals surface area contributed by atoms with Gasteiger partial charge in [-0.05, 0) is 31.2 Å². The van der Waals surface area contributed by atoms with Crippen molar-refractivity contribution in [2.24, 2.45) is 0 Å². The second-order valence-corrected chi connectivity index (χ2v) is 7.99. The fraction of sp³-hybridized carbons (Fsp3) is 0.529. The lowest BCUT2D eigenvalue weighted by atomic mass is 10.3. The standard InChI is InChI=1S/C17H23N3OS2/c1-3-15-18-13(2)16(23-15)17(21)20-8-5-7-19(9-10-20)12-14-6-4-11-22-14/h4,6,11H,3,5,7-10,12H2,1-2H3. The van der Waals surface area contributed by atoms with E-state index in [9.17, 15) is 4.79 Å². The third-order valence-corrected chi connectivity index (χ3v) is 6.32. The van der Waals surface area contributed by atoms with Gasteiger partial charge in [0.25, 0.3) is 5.91 Å². The topological polar surface area (TPSA) is 36.4 Å². The number of carbonyl (C=O) groups is 1. The van der Waals surface area contributed by atoms with Gasteiger partial charge in [0.1, 0.15) is 4.88 Å². The number of amides is 1. The van der Waals surface area contributed by atoms with Crippen molar-refractivity contribution in [3.8, 4) is 0 Å². The van der Waals surface area contributed by atoms with Crippen molar-refractivity contribution in [3.05, 3.63) is 38.0 Å². The van der Waals surface area contributed by atoms with Crippen LogP contribution in [0, 0.1) is 6.92 Å². The van der Waals surface area contributed by atoms with Gasteiger partial charge in [0.2, 0.25) is 0 Å². The Hall–Kier alpha value is -1.24. The van der Waals surface area contributed by atoms with E-state index >= 15 is 0 Å². The molecule has 0 aromatic carbocycles. The summed E-state index contributed by atoms with van der Waals surface area (Å²) in [7, 11) is 0. The van der Waals surface area contributed by atoms with Crippen molar-refractivity contribution in [3.63, 3.8) is 0 Å². The zero-order valence-electron chi connectivity index (χ0n) is 13.7. The highest BCUT2D eigenvalue weighted by Crippen LogP contribution is 2.21. The highest BCUT2D eigenvalue weighted by Gasteiger charge is 2.23. The minimum atomic E-state index is 0.165. The van der Waals surface area contributed by atoms with Crippen molar-refractivity contribution < 1.29 is 4.79 Å². The molecule has 0 radical (unpaired) electrons. The maximum atomic E-state index is 12.8. The first kappa shape index (κ1) is 16.6. The minimum Gasteiger partial charge on any atom is -0.337 e. The van der Waals surface area contributed by atoms with Gasteiger partial charge >= 0.3 is 0 Å². The summed E-state index contributed by atoms with van der Waals surface area (Å²) in [6, 6.07) is 4.29. The van der Waals surface area contributed by atoms with Crippen molar-refractivity contribution in [1.29, 1.82) is 0 Å². The smallest absolute Gasteiger partial charge is 0.265 e. The van der Waals surface area contributed by atoms with E-state index in [2.05, 4.69) is 34.3 Å². The fourth-order valence-corrected chi connectivity index (χ4v) is 4.62. The molecule has 1 aliphatic rings. The van der Waals surface area contributed by atoms with E-state index < -0.39 is 0 Å². The molecule has 0 unspecified atom stereocenters. The van der Waals surface area contributed by atoms with Crippen molar-refractivity contribution >= 4 is 28.6 Å². The highest BCUT2D eigenvalue weighted by atomic mass is 32.1. The minimum absolute atomic E-state index is 0.165. The quantitative estimate of drug-likeness (QED) is 0.848. The zero-order valence-corrected chi connectivity index (χ0v) is 15.4. The first-order valence-corrected chi connectivity index (χ1v) is 9.87. The summed E-state index contributed by atoms with van der Waals surface area (Å²) >= 11 is 3.36. The molecule has 0 saturated carbocycles. The Labute approximate surface area is 145 Å². The van der Waals surface area contributed by atoms with Crippen molar-refractivity contribution in [2.75, 3.05) is 26.2 Å². The first-order valence-electron chi connectivity index (χ1n) is 8.17. The van der Waals surface area contributed by atoms with E-state index in [1.165, 1.54) is 4.88 Å². The largest absolute Gasteiger partial charge is 0.337 e. The zero-order chi connectivity index (χ0) is 16.2. The van der Waals surface area contributed by atoms with Crippen LogP contribution >= 0.6 is 22.7 Å². The number of thiophene rings is 1. The summed E-state index contributed by atoms with van der Waals surface area (Å²) in [4.78, 5) is 24.0. The molecule has 4 nitrogen and oxygen atoms in total. The number of thiazole rings is 1. The highest BCUT2D eigenvalue weighted by molar-refractivity contribution is 7.13. The molecule has 1 saturated heterocycles. The lowest BCUT2D eigenvalue weighted by Crippen LogP contribution is -2.35. The van der Waals surface area contributed by atoms with Gasteiger partial charge in [-0.25, -0.2) is 4.98 Å². The van der Waals surface area contributed by atoms with Crippen molar-refractivity contribution in [2.45, 2.75) is 33.2 Å². The van der Waals surface area contributed by atoms with Crippen LogP contribution in [0.3, 0.4) is 0 Å². The van der Waals surface area contributed by atoms with Crippen LogP contribution in [0.15, 0.2) is 17.5 Å². The summed E-state index contributed by atoms with van der Waals surface area (Å²) in [5.74, 6) is 0.165. The van der Waals surface area contributed by atoms with E-state index in [1.807, 2.05) is 11.8 Å². The lowest BCUT2D eigenvalue weighted by molar-refractivity contribution is 0.0765. The van der Waals surface area contributed by atoms with Crippen molar-refractivity contribution in [1.82, 2.24) is 14.8 Å². The number of nitrogens with zero attached hydrogens (tertiary/aromatic N) is 3. The Kier molecular flexibility index (Phi) is 5.46. The maximum Gasteiger partial charge on any atom is 0.265 e. The molecular formula is C17H23N3OS2. The summed E-state index contributed by atoms with van der Waals surface area (Å²) in [5, 5.41) is 3.18. The SMILES string of the molecule is CCc1nc(C)c(C(=O)N2CCCN(Cc3cccs3)CC2)s1. The molecule has 3 rings (SSSR count). The van der Waals surface area contributed by atoms with Crippen LogP contribution in [0.5, 0.6) is 0 Å². The van der Waals surface area contributed by atoms with Crippen LogP contribution in [0.25, 0.3) is 0 Å². The summed E-state index contributed by atoms with van der Waals surface area (Å²) in [6.45, 7) is 8.69. The third-order valence-electron chi connectivity index (χ3n) is 4.17. The Morgan fingerprint density at radius 3 is 2.87 bits per heavy atom. The Morgan fingerprint density at radius 1 is 1.30 bits per heavy atom.